The molecular formula is C21H25N5O2. The normalized spacial score (nSPS) is 21.5. The molecule has 1 aromatic heterocycles. The van der Waals surface area contributed by atoms with Crippen molar-refractivity contribution >= 4 is 17.9 Å². The second-order valence-electron chi connectivity index (χ2n) is 7.29. The fraction of sp³-hybridized carbons (Fsp3) is 0.381. The van der Waals surface area contributed by atoms with Crippen molar-refractivity contribution in [1.29, 1.82) is 0 Å². The van der Waals surface area contributed by atoms with E-state index in [2.05, 4.69) is 10.3 Å². The first-order valence-electron chi connectivity index (χ1n) is 9.59. The smallest absolute Gasteiger partial charge is 0.225 e. The molecule has 2 atom stereocenters. The van der Waals surface area contributed by atoms with Crippen LogP contribution in [0.3, 0.4) is 0 Å². The summed E-state index contributed by atoms with van der Waals surface area (Å²) in [5, 5.41) is 3.36. The minimum atomic E-state index is -0.289. The van der Waals surface area contributed by atoms with Crippen LogP contribution in [-0.4, -0.2) is 50.8 Å². The van der Waals surface area contributed by atoms with Gasteiger partial charge in [0.1, 0.15) is 11.9 Å². The summed E-state index contributed by atoms with van der Waals surface area (Å²) in [6.07, 6.45) is 7.62. The maximum Gasteiger partial charge on any atom is 0.225 e. The molecule has 7 nitrogen and oxygen atoms in total. The van der Waals surface area contributed by atoms with E-state index in [1.807, 2.05) is 53.1 Å². The van der Waals surface area contributed by atoms with Gasteiger partial charge in [-0.25, -0.2) is 4.98 Å². The summed E-state index contributed by atoms with van der Waals surface area (Å²) in [5.41, 5.74) is 2.07. The molecule has 0 aliphatic carbocycles. The highest BCUT2D eigenvalue weighted by Crippen LogP contribution is 2.34. The number of hydrogen-bond acceptors (Lipinski definition) is 4. The molecule has 2 aliphatic rings. The number of amides is 2. The maximum absolute atomic E-state index is 13.4. The number of piperazine rings is 1. The first kappa shape index (κ1) is 18.4. The molecule has 1 aromatic carbocycles. The van der Waals surface area contributed by atoms with Crippen LogP contribution >= 0.6 is 0 Å². The van der Waals surface area contributed by atoms with Gasteiger partial charge in [0.15, 0.2) is 0 Å². The summed E-state index contributed by atoms with van der Waals surface area (Å²) >= 11 is 0. The van der Waals surface area contributed by atoms with Crippen LogP contribution in [0.4, 0.5) is 0 Å². The molecule has 4 rings (SSSR count). The van der Waals surface area contributed by atoms with Crippen molar-refractivity contribution < 1.29 is 9.59 Å². The Bertz CT molecular complexity index is 919. The number of hydrogen-bond donors (Lipinski definition) is 1. The van der Waals surface area contributed by atoms with Crippen LogP contribution in [0.1, 0.15) is 42.4 Å². The quantitative estimate of drug-likeness (QED) is 0.884. The second-order valence-corrected chi connectivity index (χ2v) is 7.29. The van der Waals surface area contributed by atoms with Crippen LogP contribution in [-0.2, 0) is 16.6 Å². The van der Waals surface area contributed by atoms with Crippen LogP contribution in [0, 0.1) is 0 Å². The third-order valence-electron chi connectivity index (χ3n) is 5.56. The van der Waals surface area contributed by atoms with Gasteiger partial charge in [0, 0.05) is 52.2 Å². The Labute approximate surface area is 164 Å². The van der Waals surface area contributed by atoms with Gasteiger partial charge in [-0.05, 0) is 17.2 Å². The SMILES string of the molecule is CC(=O)N1C=Cc2ccccc2C1CC(=O)N1CCNCC1c1nccn1C. The Balaban J connectivity index is 1.61. The van der Waals surface area contributed by atoms with Crippen molar-refractivity contribution in [1.82, 2.24) is 24.7 Å². The standard InChI is InChI=1S/C21H25N5O2/c1-15(27)25-10-7-16-5-3-4-6-17(16)18(25)13-20(28)26-12-8-22-14-19(26)21-23-9-11-24(21)2/h3-7,9-11,18-19,22H,8,12-14H2,1-2H3. The van der Waals surface area contributed by atoms with Crippen molar-refractivity contribution in [3.63, 3.8) is 0 Å². The van der Waals surface area contributed by atoms with Gasteiger partial charge >= 0.3 is 0 Å². The second kappa shape index (κ2) is 7.59. The lowest BCUT2D eigenvalue weighted by atomic mass is 9.93. The van der Waals surface area contributed by atoms with E-state index in [-0.39, 0.29) is 30.3 Å². The molecule has 1 saturated heterocycles. The number of aromatic nitrogens is 2. The Kier molecular flexibility index (Phi) is 5.00. The van der Waals surface area contributed by atoms with Crippen LogP contribution < -0.4 is 5.32 Å². The molecule has 7 heteroatoms. The lowest BCUT2D eigenvalue weighted by Gasteiger charge is -2.38. The molecule has 0 bridgehead atoms. The largest absolute Gasteiger partial charge is 0.336 e. The van der Waals surface area contributed by atoms with Crippen molar-refractivity contribution in [3.8, 4) is 0 Å². The zero-order chi connectivity index (χ0) is 19.7. The number of aryl methyl sites for hydroxylation is 1. The molecular weight excluding hydrogens is 354 g/mol. The summed E-state index contributed by atoms with van der Waals surface area (Å²) in [7, 11) is 1.94. The summed E-state index contributed by atoms with van der Waals surface area (Å²) in [5.74, 6) is 0.841. The number of fused-ring (bicyclic) bond motifs is 1. The number of nitrogens with one attached hydrogen (secondary N) is 1. The molecule has 0 radical (unpaired) electrons. The monoisotopic (exact) mass is 379 g/mol. The van der Waals surface area contributed by atoms with Crippen LogP contribution in [0.2, 0.25) is 0 Å². The molecule has 1 N–H and O–H groups in total. The highest BCUT2D eigenvalue weighted by Gasteiger charge is 2.34. The number of imidazole rings is 1. The van der Waals surface area contributed by atoms with Gasteiger partial charge in [-0.15, -0.1) is 0 Å². The number of benzene rings is 1. The Hall–Kier alpha value is -2.93. The van der Waals surface area contributed by atoms with E-state index in [1.165, 1.54) is 6.92 Å². The van der Waals surface area contributed by atoms with Crippen molar-refractivity contribution in [2.24, 2.45) is 7.05 Å². The molecule has 2 amide bonds. The average Bonchev–Trinajstić information content (AvgIpc) is 3.13. The number of rotatable bonds is 3. The van der Waals surface area contributed by atoms with E-state index in [9.17, 15) is 9.59 Å². The van der Waals surface area contributed by atoms with E-state index >= 15 is 0 Å². The van der Waals surface area contributed by atoms with Crippen LogP contribution in [0.5, 0.6) is 0 Å². The number of carbonyl (C=O) groups is 2. The number of carbonyl (C=O) groups excluding carboxylic acids is 2. The third-order valence-corrected chi connectivity index (χ3v) is 5.56. The zero-order valence-electron chi connectivity index (χ0n) is 16.2. The van der Waals surface area contributed by atoms with Crippen molar-refractivity contribution in [3.05, 3.63) is 59.8 Å². The van der Waals surface area contributed by atoms with Crippen LogP contribution in [0.15, 0.2) is 42.9 Å². The van der Waals surface area contributed by atoms with Gasteiger partial charge in [-0.3, -0.25) is 9.59 Å². The van der Waals surface area contributed by atoms with Crippen molar-refractivity contribution in [2.45, 2.75) is 25.4 Å². The fourth-order valence-corrected chi connectivity index (χ4v) is 4.13. The molecule has 0 spiro atoms. The lowest BCUT2D eigenvalue weighted by molar-refractivity contribution is -0.137. The maximum atomic E-state index is 13.4. The van der Waals surface area contributed by atoms with Gasteiger partial charge in [-0.1, -0.05) is 24.3 Å². The Morgan fingerprint density at radius 2 is 2.11 bits per heavy atom. The zero-order valence-corrected chi connectivity index (χ0v) is 16.2. The van der Waals surface area contributed by atoms with Crippen molar-refractivity contribution in [2.75, 3.05) is 19.6 Å². The summed E-state index contributed by atoms with van der Waals surface area (Å²) < 4.78 is 1.96. The predicted molar refractivity (Wildman–Crippen MR) is 106 cm³/mol. The summed E-state index contributed by atoms with van der Waals surface area (Å²) in [6, 6.07) is 7.54. The van der Waals surface area contributed by atoms with Gasteiger partial charge < -0.3 is 19.7 Å². The average molecular weight is 379 g/mol. The first-order chi connectivity index (χ1) is 13.6. The van der Waals surface area contributed by atoms with Gasteiger partial charge in [0.05, 0.1) is 12.5 Å². The van der Waals surface area contributed by atoms with E-state index < -0.39 is 0 Å². The minimum Gasteiger partial charge on any atom is -0.336 e. The van der Waals surface area contributed by atoms with Gasteiger partial charge in [0.2, 0.25) is 11.8 Å². The van der Waals surface area contributed by atoms with E-state index in [1.54, 1.807) is 17.3 Å². The highest BCUT2D eigenvalue weighted by molar-refractivity contribution is 5.82. The Morgan fingerprint density at radius 3 is 2.86 bits per heavy atom. The molecule has 2 aliphatic heterocycles. The van der Waals surface area contributed by atoms with Gasteiger partial charge in [0.25, 0.3) is 0 Å². The predicted octanol–water partition coefficient (Wildman–Crippen LogP) is 1.86. The first-order valence-corrected chi connectivity index (χ1v) is 9.59. The molecule has 1 fully saturated rings. The molecule has 0 saturated carbocycles. The molecule has 3 heterocycles. The van der Waals surface area contributed by atoms with Crippen LogP contribution in [0.25, 0.3) is 6.08 Å². The van der Waals surface area contributed by atoms with E-state index in [4.69, 9.17) is 0 Å². The van der Waals surface area contributed by atoms with E-state index in [0.29, 0.717) is 13.1 Å². The third kappa shape index (κ3) is 3.33. The molecule has 146 valence electrons. The van der Waals surface area contributed by atoms with E-state index in [0.717, 1.165) is 23.5 Å². The molecule has 2 unspecified atom stereocenters. The minimum absolute atomic E-state index is 0.0378. The summed E-state index contributed by atoms with van der Waals surface area (Å²) in [4.78, 5) is 33.6. The van der Waals surface area contributed by atoms with Gasteiger partial charge in [-0.2, -0.15) is 0 Å². The topological polar surface area (TPSA) is 70.5 Å². The highest BCUT2D eigenvalue weighted by atomic mass is 16.2. The lowest BCUT2D eigenvalue weighted by Crippen LogP contribution is -2.50. The summed E-state index contributed by atoms with van der Waals surface area (Å²) in [6.45, 7) is 3.59. The fourth-order valence-electron chi connectivity index (χ4n) is 4.13. The molecule has 28 heavy (non-hydrogen) atoms. The Morgan fingerprint density at radius 1 is 1.29 bits per heavy atom. The number of nitrogens with zero attached hydrogens (tertiary/aromatic N) is 4. The molecule has 2 aromatic rings.